The number of nitrogens with zero attached hydrogens (tertiary/aromatic N) is 1. The second-order valence-corrected chi connectivity index (χ2v) is 5.03. The van der Waals surface area contributed by atoms with Gasteiger partial charge in [-0.1, -0.05) is 30.3 Å². The van der Waals surface area contributed by atoms with Crippen molar-refractivity contribution in [3.05, 3.63) is 35.9 Å². The number of rotatable bonds is 7. The molecule has 0 saturated carbocycles. The average Bonchev–Trinajstić information content (AvgIpc) is 2.38. The van der Waals surface area contributed by atoms with Crippen LogP contribution in [0, 0.1) is 0 Å². The summed E-state index contributed by atoms with van der Waals surface area (Å²) in [5, 5.41) is 5.53. The predicted molar refractivity (Wildman–Crippen MR) is 79.2 cm³/mol. The van der Waals surface area contributed by atoms with Gasteiger partial charge in [-0.15, -0.1) is 0 Å². The SMILES string of the molecule is CC(NC(=O)CC(=O)NCCN(C)C)c1ccccc1. The zero-order valence-electron chi connectivity index (χ0n) is 12.3. The van der Waals surface area contributed by atoms with E-state index in [0.717, 1.165) is 12.1 Å². The number of carbonyl (C=O) groups is 2. The van der Waals surface area contributed by atoms with E-state index in [2.05, 4.69) is 10.6 Å². The third-order valence-corrected chi connectivity index (χ3v) is 2.88. The molecule has 1 aromatic carbocycles. The molecule has 5 nitrogen and oxygen atoms in total. The Hall–Kier alpha value is -1.88. The lowest BCUT2D eigenvalue weighted by Crippen LogP contribution is -2.36. The molecule has 0 bridgehead atoms. The first-order valence-corrected chi connectivity index (χ1v) is 6.74. The number of carbonyl (C=O) groups excluding carboxylic acids is 2. The molecule has 0 heterocycles. The Morgan fingerprint density at radius 3 is 2.40 bits per heavy atom. The van der Waals surface area contributed by atoms with Crippen LogP contribution in [-0.4, -0.2) is 43.9 Å². The molecule has 0 radical (unpaired) electrons. The van der Waals surface area contributed by atoms with Crippen LogP contribution in [0.15, 0.2) is 30.3 Å². The van der Waals surface area contributed by atoms with Crippen molar-refractivity contribution in [1.82, 2.24) is 15.5 Å². The molecule has 0 fully saturated rings. The third-order valence-electron chi connectivity index (χ3n) is 2.88. The summed E-state index contributed by atoms with van der Waals surface area (Å²) in [4.78, 5) is 25.3. The van der Waals surface area contributed by atoms with E-state index in [4.69, 9.17) is 0 Å². The second kappa shape index (κ2) is 8.32. The van der Waals surface area contributed by atoms with Crippen molar-refractivity contribution < 1.29 is 9.59 Å². The van der Waals surface area contributed by atoms with Crippen molar-refractivity contribution in [2.45, 2.75) is 19.4 Å². The molecule has 0 aliphatic carbocycles. The molecular formula is C15H23N3O2. The van der Waals surface area contributed by atoms with E-state index in [9.17, 15) is 9.59 Å². The number of amides is 2. The molecule has 1 aromatic rings. The fourth-order valence-corrected chi connectivity index (χ4v) is 1.74. The van der Waals surface area contributed by atoms with Crippen molar-refractivity contribution in [1.29, 1.82) is 0 Å². The first-order valence-electron chi connectivity index (χ1n) is 6.74. The quantitative estimate of drug-likeness (QED) is 0.729. The lowest BCUT2D eigenvalue weighted by atomic mass is 10.1. The van der Waals surface area contributed by atoms with E-state index in [0.29, 0.717) is 6.54 Å². The van der Waals surface area contributed by atoms with Crippen LogP contribution in [0.25, 0.3) is 0 Å². The molecule has 5 heteroatoms. The van der Waals surface area contributed by atoms with Gasteiger partial charge in [0.05, 0.1) is 6.04 Å². The van der Waals surface area contributed by atoms with Gasteiger partial charge < -0.3 is 15.5 Å². The summed E-state index contributed by atoms with van der Waals surface area (Å²) in [6, 6.07) is 9.57. The van der Waals surface area contributed by atoms with E-state index in [1.165, 1.54) is 0 Å². The topological polar surface area (TPSA) is 61.4 Å². The smallest absolute Gasteiger partial charge is 0.229 e. The molecule has 1 rings (SSSR count). The molecule has 0 aliphatic heterocycles. The van der Waals surface area contributed by atoms with Crippen LogP contribution >= 0.6 is 0 Å². The highest BCUT2D eigenvalue weighted by molar-refractivity contribution is 5.96. The summed E-state index contributed by atoms with van der Waals surface area (Å²) in [6.07, 6.45) is -0.134. The minimum Gasteiger partial charge on any atom is -0.354 e. The highest BCUT2D eigenvalue weighted by Crippen LogP contribution is 2.10. The highest BCUT2D eigenvalue weighted by Gasteiger charge is 2.12. The van der Waals surface area contributed by atoms with Gasteiger partial charge in [0.25, 0.3) is 0 Å². The Morgan fingerprint density at radius 2 is 1.80 bits per heavy atom. The summed E-state index contributed by atoms with van der Waals surface area (Å²) >= 11 is 0. The van der Waals surface area contributed by atoms with Crippen LogP contribution in [-0.2, 0) is 9.59 Å². The fraction of sp³-hybridized carbons (Fsp3) is 0.467. The number of nitrogens with one attached hydrogen (secondary N) is 2. The molecule has 0 aromatic heterocycles. The van der Waals surface area contributed by atoms with E-state index >= 15 is 0 Å². The van der Waals surface area contributed by atoms with Crippen molar-refractivity contribution >= 4 is 11.8 Å². The van der Waals surface area contributed by atoms with E-state index in [1.54, 1.807) is 0 Å². The van der Waals surface area contributed by atoms with Gasteiger partial charge >= 0.3 is 0 Å². The van der Waals surface area contributed by atoms with Crippen molar-refractivity contribution in [3.8, 4) is 0 Å². The van der Waals surface area contributed by atoms with Gasteiger partial charge in [0.2, 0.25) is 11.8 Å². The second-order valence-electron chi connectivity index (χ2n) is 5.03. The van der Waals surface area contributed by atoms with Crippen LogP contribution < -0.4 is 10.6 Å². The van der Waals surface area contributed by atoms with Crippen LogP contribution in [0.5, 0.6) is 0 Å². The van der Waals surface area contributed by atoms with Gasteiger partial charge in [-0.3, -0.25) is 9.59 Å². The van der Waals surface area contributed by atoms with Crippen molar-refractivity contribution in [2.24, 2.45) is 0 Å². The maximum Gasteiger partial charge on any atom is 0.229 e. The van der Waals surface area contributed by atoms with Gasteiger partial charge in [-0.2, -0.15) is 0 Å². The fourth-order valence-electron chi connectivity index (χ4n) is 1.74. The van der Waals surface area contributed by atoms with Gasteiger partial charge in [-0.05, 0) is 26.6 Å². The Labute approximate surface area is 120 Å². The van der Waals surface area contributed by atoms with Gasteiger partial charge in [-0.25, -0.2) is 0 Å². The van der Waals surface area contributed by atoms with Crippen LogP contribution in [0.4, 0.5) is 0 Å². The molecule has 0 saturated heterocycles. The summed E-state index contributed by atoms with van der Waals surface area (Å²) < 4.78 is 0. The highest BCUT2D eigenvalue weighted by atomic mass is 16.2. The van der Waals surface area contributed by atoms with E-state index < -0.39 is 0 Å². The Bertz CT molecular complexity index is 432. The standard InChI is InChI=1S/C15H23N3O2/c1-12(13-7-5-4-6-8-13)17-15(20)11-14(19)16-9-10-18(2)3/h4-8,12H,9-11H2,1-3H3,(H,16,19)(H,17,20). The number of benzene rings is 1. The van der Waals surface area contributed by atoms with Gasteiger partial charge in [0.1, 0.15) is 6.42 Å². The van der Waals surface area contributed by atoms with Crippen LogP contribution in [0.3, 0.4) is 0 Å². The molecule has 2 amide bonds. The normalized spacial score (nSPS) is 12.0. The molecule has 2 N–H and O–H groups in total. The lowest BCUT2D eigenvalue weighted by molar-refractivity contribution is -0.129. The van der Waals surface area contributed by atoms with Crippen LogP contribution in [0.1, 0.15) is 24.9 Å². The molecular weight excluding hydrogens is 254 g/mol. The number of likely N-dealkylation sites (N-methyl/N-ethyl adjacent to an activating group) is 1. The maximum atomic E-state index is 11.8. The Morgan fingerprint density at radius 1 is 1.15 bits per heavy atom. The summed E-state index contributed by atoms with van der Waals surface area (Å²) in [7, 11) is 3.86. The lowest BCUT2D eigenvalue weighted by Gasteiger charge is -2.14. The molecule has 0 spiro atoms. The summed E-state index contributed by atoms with van der Waals surface area (Å²) in [5.74, 6) is -0.506. The summed E-state index contributed by atoms with van der Waals surface area (Å²) in [5.41, 5.74) is 1.02. The Balaban J connectivity index is 2.31. The van der Waals surface area contributed by atoms with Gasteiger partial charge in [0.15, 0.2) is 0 Å². The number of hydrogen-bond donors (Lipinski definition) is 2. The zero-order chi connectivity index (χ0) is 15.0. The molecule has 20 heavy (non-hydrogen) atoms. The third kappa shape index (κ3) is 6.33. The Kier molecular flexibility index (Phi) is 6.73. The first-order chi connectivity index (χ1) is 9.49. The van der Waals surface area contributed by atoms with E-state index in [1.807, 2.05) is 56.3 Å². The largest absolute Gasteiger partial charge is 0.354 e. The number of hydrogen-bond acceptors (Lipinski definition) is 3. The summed E-state index contributed by atoms with van der Waals surface area (Å²) in [6.45, 7) is 3.21. The van der Waals surface area contributed by atoms with Crippen molar-refractivity contribution in [3.63, 3.8) is 0 Å². The molecule has 110 valence electrons. The van der Waals surface area contributed by atoms with Gasteiger partial charge in [0, 0.05) is 13.1 Å². The monoisotopic (exact) mass is 277 g/mol. The molecule has 0 aliphatic rings. The minimum atomic E-state index is -0.260. The molecule has 1 unspecified atom stereocenters. The maximum absolute atomic E-state index is 11.8. The zero-order valence-corrected chi connectivity index (χ0v) is 12.3. The molecule has 1 atom stereocenters. The van der Waals surface area contributed by atoms with E-state index in [-0.39, 0.29) is 24.3 Å². The predicted octanol–water partition coefficient (Wildman–Crippen LogP) is 0.932. The van der Waals surface area contributed by atoms with Crippen molar-refractivity contribution in [2.75, 3.05) is 27.2 Å². The minimum absolute atomic E-state index is 0.0988. The average molecular weight is 277 g/mol. The van der Waals surface area contributed by atoms with Crippen LogP contribution in [0.2, 0.25) is 0 Å². The first kappa shape index (κ1) is 16.2.